The van der Waals surface area contributed by atoms with E-state index in [-0.39, 0.29) is 18.4 Å². The lowest BCUT2D eigenvalue weighted by Crippen LogP contribution is -2.50. The van der Waals surface area contributed by atoms with Crippen molar-refractivity contribution in [2.75, 3.05) is 13.2 Å². The molecule has 0 unspecified atom stereocenters. The zero-order chi connectivity index (χ0) is 21.9. The maximum Gasteiger partial charge on any atom is 0.261 e. The van der Waals surface area contributed by atoms with Gasteiger partial charge in [-0.3, -0.25) is 9.59 Å². The lowest BCUT2D eigenvalue weighted by atomic mass is 10.1. The molecule has 0 saturated carbocycles. The SMILES string of the molecule is CCCCNC(=O)[C@@H](CC)N(Cc1ccccc1)C(=O)COc1ccc(Cl)c(C)c1. The van der Waals surface area contributed by atoms with Gasteiger partial charge in [-0.05, 0) is 49.1 Å². The summed E-state index contributed by atoms with van der Waals surface area (Å²) in [6, 6.07) is 14.4. The van der Waals surface area contributed by atoms with E-state index in [4.69, 9.17) is 16.3 Å². The number of hydrogen-bond donors (Lipinski definition) is 1. The number of carbonyl (C=O) groups is 2. The molecule has 0 saturated heterocycles. The highest BCUT2D eigenvalue weighted by Crippen LogP contribution is 2.21. The number of carbonyl (C=O) groups excluding carboxylic acids is 2. The first-order chi connectivity index (χ1) is 14.5. The third kappa shape index (κ3) is 7.06. The number of unbranched alkanes of at least 4 members (excludes halogenated alkanes) is 1. The fourth-order valence-electron chi connectivity index (χ4n) is 3.14. The lowest BCUT2D eigenvalue weighted by Gasteiger charge is -2.30. The van der Waals surface area contributed by atoms with Crippen molar-refractivity contribution >= 4 is 23.4 Å². The van der Waals surface area contributed by atoms with Crippen LogP contribution in [0.15, 0.2) is 48.5 Å². The summed E-state index contributed by atoms with van der Waals surface area (Å²) < 4.78 is 5.71. The molecule has 5 nitrogen and oxygen atoms in total. The summed E-state index contributed by atoms with van der Waals surface area (Å²) in [5.74, 6) is 0.215. The van der Waals surface area contributed by atoms with Crippen molar-refractivity contribution in [2.24, 2.45) is 0 Å². The molecule has 0 heterocycles. The lowest BCUT2D eigenvalue weighted by molar-refractivity contribution is -0.143. The number of halogens is 1. The largest absolute Gasteiger partial charge is 0.484 e. The fraction of sp³-hybridized carbons (Fsp3) is 0.417. The molecule has 0 aliphatic rings. The Bertz CT molecular complexity index is 826. The van der Waals surface area contributed by atoms with Crippen LogP contribution in [-0.2, 0) is 16.1 Å². The third-order valence-corrected chi connectivity index (χ3v) is 5.33. The highest BCUT2D eigenvalue weighted by molar-refractivity contribution is 6.31. The Kier molecular flexibility index (Phi) is 9.68. The summed E-state index contributed by atoms with van der Waals surface area (Å²) in [4.78, 5) is 27.5. The zero-order valence-corrected chi connectivity index (χ0v) is 18.7. The van der Waals surface area contributed by atoms with Gasteiger partial charge in [0.05, 0.1) is 0 Å². The van der Waals surface area contributed by atoms with E-state index in [1.165, 1.54) is 0 Å². The summed E-state index contributed by atoms with van der Waals surface area (Å²) in [6.07, 6.45) is 2.43. The van der Waals surface area contributed by atoms with E-state index in [0.29, 0.717) is 30.3 Å². The van der Waals surface area contributed by atoms with Crippen LogP contribution in [0.25, 0.3) is 0 Å². The van der Waals surface area contributed by atoms with Crippen LogP contribution < -0.4 is 10.1 Å². The molecule has 6 heteroatoms. The molecule has 2 amide bonds. The molecule has 0 bridgehead atoms. The van der Waals surface area contributed by atoms with Crippen LogP contribution in [0.5, 0.6) is 5.75 Å². The van der Waals surface area contributed by atoms with Gasteiger partial charge >= 0.3 is 0 Å². The first kappa shape index (κ1) is 23.7. The van der Waals surface area contributed by atoms with E-state index in [1.807, 2.05) is 44.2 Å². The van der Waals surface area contributed by atoms with Crippen LogP contribution in [0, 0.1) is 6.92 Å². The Morgan fingerprint density at radius 1 is 1.13 bits per heavy atom. The number of nitrogens with zero attached hydrogens (tertiary/aromatic N) is 1. The summed E-state index contributed by atoms with van der Waals surface area (Å²) in [7, 11) is 0. The maximum absolute atomic E-state index is 13.1. The molecule has 2 rings (SSSR count). The second kappa shape index (κ2) is 12.2. The molecule has 2 aromatic carbocycles. The molecule has 2 aromatic rings. The minimum atomic E-state index is -0.551. The van der Waals surface area contributed by atoms with Gasteiger partial charge in [-0.25, -0.2) is 0 Å². The number of benzene rings is 2. The first-order valence-corrected chi connectivity index (χ1v) is 10.8. The predicted molar refractivity (Wildman–Crippen MR) is 121 cm³/mol. The normalized spacial score (nSPS) is 11.6. The highest BCUT2D eigenvalue weighted by Gasteiger charge is 2.28. The van der Waals surface area contributed by atoms with E-state index < -0.39 is 6.04 Å². The topological polar surface area (TPSA) is 58.6 Å². The summed E-state index contributed by atoms with van der Waals surface area (Å²) >= 11 is 6.06. The van der Waals surface area contributed by atoms with E-state index >= 15 is 0 Å². The smallest absolute Gasteiger partial charge is 0.261 e. The first-order valence-electron chi connectivity index (χ1n) is 10.5. The van der Waals surface area contributed by atoms with Gasteiger partial charge in [0.25, 0.3) is 5.91 Å². The Morgan fingerprint density at radius 2 is 1.87 bits per heavy atom. The standard InChI is InChI=1S/C24H31ClN2O3/c1-4-6-14-26-24(29)22(5-2)27(16-19-10-8-7-9-11-19)23(28)17-30-20-12-13-21(25)18(3)15-20/h7-13,15,22H,4-6,14,16-17H2,1-3H3,(H,26,29)/t22-/m1/s1. The van der Waals surface area contributed by atoms with Crippen LogP contribution in [-0.4, -0.2) is 35.9 Å². The molecule has 162 valence electrons. The minimum absolute atomic E-state index is 0.127. The molecule has 0 spiro atoms. The zero-order valence-electron chi connectivity index (χ0n) is 18.0. The van der Waals surface area contributed by atoms with Crippen LogP contribution in [0.4, 0.5) is 0 Å². The second-order valence-corrected chi connectivity index (χ2v) is 7.68. The molecule has 0 aromatic heterocycles. The molecule has 0 aliphatic carbocycles. The van der Waals surface area contributed by atoms with Crippen molar-refractivity contribution in [3.8, 4) is 5.75 Å². The Labute approximate surface area is 184 Å². The van der Waals surface area contributed by atoms with Crippen LogP contribution >= 0.6 is 11.6 Å². The van der Waals surface area contributed by atoms with E-state index in [1.54, 1.807) is 23.1 Å². The van der Waals surface area contributed by atoms with Crippen molar-refractivity contribution < 1.29 is 14.3 Å². The molecule has 0 fully saturated rings. The van der Waals surface area contributed by atoms with Gasteiger partial charge in [0, 0.05) is 18.1 Å². The minimum Gasteiger partial charge on any atom is -0.484 e. The van der Waals surface area contributed by atoms with Gasteiger partial charge in [0.1, 0.15) is 11.8 Å². The fourth-order valence-corrected chi connectivity index (χ4v) is 3.26. The van der Waals surface area contributed by atoms with Crippen LogP contribution in [0.2, 0.25) is 5.02 Å². The number of amides is 2. The number of aryl methyl sites for hydroxylation is 1. The third-order valence-electron chi connectivity index (χ3n) is 4.90. The number of nitrogens with one attached hydrogen (secondary N) is 1. The van der Waals surface area contributed by atoms with E-state index in [9.17, 15) is 9.59 Å². The van der Waals surface area contributed by atoms with Gasteiger partial charge in [0.2, 0.25) is 5.91 Å². The van der Waals surface area contributed by atoms with Gasteiger partial charge in [0.15, 0.2) is 6.61 Å². The molecule has 1 N–H and O–H groups in total. The van der Waals surface area contributed by atoms with Crippen molar-refractivity contribution in [1.29, 1.82) is 0 Å². The number of ether oxygens (including phenoxy) is 1. The molecule has 1 atom stereocenters. The summed E-state index contributed by atoms with van der Waals surface area (Å²) in [5.41, 5.74) is 1.84. The Hall–Kier alpha value is -2.53. The second-order valence-electron chi connectivity index (χ2n) is 7.28. The summed E-state index contributed by atoms with van der Waals surface area (Å²) in [6.45, 7) is 6.69. The number of rotatable bonds is 11. The van der Waals surface area contributed by atoms with Gasteiger partial charge < -0.3 is 15.0 Å². The predicted octanol–water partition coefficient (Wildman–Crippen LogP) is 4.75. The van der Waals surface area contributed by atoms with Crippen molar-refractivity contribution in [1.82, 2.24) is 10.2 Å². The van der Waals surface area contributed by atoms with Gasteiger partial charge in [-0.1, -0.05) is 62.2 Å². The molecular formula is C24H31ClN2O3. The maximum atomic E-state index is 13.1. The van der Waals surface area contributed by atoms with Crippen molar-refractivity contribution in [2.45, 2.75) is 52.6 Å². The van der Waals surface area contributed by atoms with Crippen molar-refractivity contribution in [3.63, 3.8) is 0 Å². The molecule has 0 aliphatic heterocycles. The highest BCUT2D eigenvalue weighted by atomic mass is 35.5. The van der Waals surface area contributed by atoms with E-state index in [0.717, 1.165) is 24.0 Å². The van der Waals surface area contributed by atoms with E-state index in [2.05, 4.69) is 12.2 Å². The Balaban J connectivity index is 2.14. The van der Waals surface area contributed by atoms with Gasteiger partial charge in [-0.15, -0.1) is 0 Å². The average molecular weight is 431 g/mol. The Morgan fingerprint density at radius 3 is 2.50 bits per heavy atom. The molecule has 30 heavy (non-hydrogen) atoms. The summed E-state index contributed by atoms with van der Waals surface area (Å²) in [5, 5.41) is 3.60. The average Bonchev–Trinajstić information content (AvgIpc) is 2.75. The molecule has 0 radical (unpaired) electrons. The van der Waals surface area contributed by atoms with Crippen LogP contribution in [0.3, 0.4) is 0 Å². The van der Waals surface area contributed by atoms with Crippen LogP contribution in [0.1, 0.15) is 44.2 Å². The van der Waals surface area contributed by atoms with Gasteiger partial charge in [-0.2, -0.15) is 0 Å². The molecular weight excluding hydrogens is 400 g/mol. The number of hydrogen-bond acceptors (Lipinski definition) is 3. The van der Waals surface area contributed by atoms with Crippen molar-refractivity contribution in [3.05, 3.63) is 64.7 Å². The quantitative estimate of drug-likeness (QED) is 0.523. The monoisotopic (exact) mass is 430 g/mol.